The normalized spacial score (nSPS) is 14.2. The molecule has 0 aliphatic rings. The Hall–Kier alpha value is -2.32. The Morgan fingerprint density at radius 3 is 1.11 bits per heavy atom. The van der Waals surface area contributed by atoms with Crippen LogP contribution in [-0.4, -0.2) is 73.4 Å². The Kier molecular flexibility index (Phi) is 62.4. The number of hydrogen-bond acceptors (Lipinski definition) is 5. The maximum atomic E-state index is 13.1. The highest BCUT2D eigenvalue weighted by Gasteiger charge is 2.28. The number of carbonyl (C=O) groups is 1. The summed E-state index contributed by atoms with van der Waals surface area (Å²) in [5, 5.41) is 14.0. The standard InChI is InChI=1S/C74H137N2O6P/c1-6-8-10-12-14-16-18-20-22-24-26-28-30-32-34-36-37-38-40-41-43-45-47-49-51-53-55-57-59-61-63-65-67-73(77)72(71-82-83(79,80)81-70-69-76(3,4)5)75-74(78)68-66-64-62-60-58-56-54-52-50-48-46-44-42-39-35-33-31-29-27-25-23-21-19-17-15-13-11-9-7-2/h9,11,15,17,21,23,27,29,33,35,57,59,65,67,72-73,77H,6-8,10,12-14,16,18-20,22,24-26,28,30-32,34,36-56,58,60-64,66,68-71H2,1-5H3,(H-,75,78,79,80)/p+1/b11-9-,17-15-,23-21-,29-27-,35-33-,59-57+,67-65+. The largest absolute Gasteiger partial charge is 0.472 e. The predicted octanol–water partition coefficient (Wildman–Crippen LogP) is 22.7. The second-order valence-electron chi connectivity index (χ2n) is 25.2. The van der Waals surface area contributed by atoms with Crippen LogP contribution in [0.15, 0.2) is 85.1 Å². The highest BCUT2D eigenvalue weighted by molar-refractivity contribution is 7.47. The molecule has 0 radical (unpaired) electrons. The Balaban J connectivity index is 4.11. The third kappa shape index (κ3) is 67.1. The van der Waals surface area contributed by atoms with E-state index in [9.17, 15) is 19.4 Å². The van der Waals surface area contributed by atoms with Crippen molar-refractivity contribution in [2.24, 2.45) is 0 Å². The van der Waals surface area contributed by atoms with Gasteiger partial charge >= 0.3 is 7.82 Å². The summed E-state index contributed by atoms with van der Waals surface area (Å²) in [6.07, 6.45) is 91.7. The predicted molar refractivity (Wildman–Crippen MR) is 364 cm³/mol. The number of likely N-dealkylation sites (N-methyl/N-ethyl adjacent to an activating group) is 1. The van der Waals surface area contributed by atoms with E-state index in [1.807, 2.05) is 27.2 Å². The molecule has 0 aromatic carbocycles. The zero-order valence-corrected chi connectivity index (χ0v) is 56.3. The van der Waals surface area contributed by atoms with Gasteiger partial charge in [0.05, 0.1) is 39.9 Å². The molecule has 0 aromatic heterocycles. The second kappa shape index (κ2) is 64.2. The van der Waals surface area contributed by atoms with Gasteiger partial charge in [-0.25, -0.2) is 4.57 Å². The van der Waals surface area contributed by atoms with Crippen molar-refractivity contribution in [2.45, 2.75) is 341 Å². The van der Waals surface area contributed by atoms with E-state index in [4.69, 9.17) is 9.05 Å². The Morgan fingerprint density at radius 1 is 0.422 bits per heavy atom. The minimum absolute atomic E-state index is 0.0535. The van der Waals surface area contributed by atoms with Crippen molar-refractivity contribution in [3.63, 3.8) is 0 Å². The van der Waals surface area contributed by atoms with Crippen molar-refractivity contribution in [3.05, 3.63) is 85.1 Å². The lowest BCUT2D eigenvalue weighted by Crippen LogP contribution is -2.45. The number of unbranched alkanes of at least 4 members (excludes halogenated alkanes) is 40. The zero-order valence-electron chi connectivity index (χ0n) is 55.4. The molecule has 0 saturated carbocycles. The lowest BCUT2D eigenvalue weighted by molar-refractivity contribution is -0.870. The van der Waals surface area contributed by atoms with Crippen molar-refractivity contribution in [3.8, 4) is 0 Å². The van der Waals surface area contributed by atoms with E-state index in [1.165, 1.54) is 238 Å². The first-order valence-electron chi connectivity index (χ1n) is 35.5. The quantitative estimate of drug-likeness (QED) is 0.0243. The molecule has 0 fully saturated rings. The first-order chi connectivity index (χ1) is 40.5. The maximum Gasteiger partial charge on any atom is 0.472 e. The molecular weight excluding hydrogens is 1040 g/mol. The fraction of sp³-hybridized carbons (Fsp3) is 0.797. The monoisotopic (exact) mass is 1180 g/mol. The molecule has 8 nitrogen and oxygen atoms in total. The van der Waals surface area contributed by atoms with E-state index in [2.05, 4.69) is 92.1 Å². The Bertz CT molecular complexity index is 1630. The van der Waals surface area contributed by atoms with E-state index < -0.39 is 20.0 Å². The van der Waals surface area contributed by atoms with Gasteiger partial charge in [0.2, 0.25) is 5.91 Å². The van der Waals surface area contributed by atoms with Crippen LogP contribution >= 0.6 is 7.82 Å². The molecule has 484 valence electrons. The van der Waals surface area contributed by atoms with Crippen LogP contribution < -0.4 is 5.32 Å². The van der Waals surface area contributed by atoms with Crippen molar-refractivity contribution in [2.75, 3.05) is 40.9 Å². The molecule has 0 heterocycles. The van der Waals surface area contributed by atoms with Gasteiger partial charge in [0.25, 0.3) is 0 Å². The highest BCUT2D eigenvalue weighted by atomic mass is 31.2. The maximum absolute atomic E-state index is 13.1. The summed E-state index contributed by atoms with van der Waals surface area (Å²) < 4.78 is 23.8. The first-order valence-corrected chi connectivity index (χ1v) is 37.0. The summed E-state index contributed by atoms with van der Waals surface area (Å²) in [5.41, 5.74) is 0. The molecule has 0 spiro atoms. The summed E-state index contributed by atoms with van der Waals surface area (Å²) in [4.78, 5) is 23.4. The Labute approximate surface area is 516 Å². The van der Waals surface area contributed by atoms with Gasteiger partial charge in [-0.1, -0.05) is 330 Å². The molecule has 0 aliphatic carbocycles. The number of aliphatic hydroxyl groups is 1. The van der Waals surface area contributed by atoms with E-state index in [1.54, 1.807) is 6.08 Å². The molecular formula is C74H138N2O6P+. The fourth-order valence-corrected chi connectivity index (χ4v) is 11.1. The number of nitrogens with one attached hydrogen (secondary N) is 1. The van der Waals surface area contributed by atoms with Gasteiger partial charge in [-0.15, -0.1) is 0 Å². The van der Waals surface area contributed by atoms with Crippen LogP contribution in [0, 0.1) is 0 Å². The molecule has 83 heavy (non-hydrogen) atoms. The molecule has 3 atom stereocenters. The number of quaternary nitrogens is 1. The number of nitrogens with zero attached hydrogens (tertiary/aromatic N) is 1. The van der Waals surface area contributed by atoms with Crippen LogP contribution in [0.3, 0.4) is 0 Å². The van der Waals surface area contributed by atoms with Gasteiger partial charge in [-0.3, -0.25) is 13.8 Å². The lowest BCUT2D eigenvalue weighted by Gasteiger charge is -2.25. The topological polar surface area (TPSA) is 105 Å². The minimum atomic E-state index is -4.37. The molecule has 0 rings (SSSR count). The van der Waals surface area contributed by atoms with E-state index in [-0.39, 0.29) is 19.1 Å². The zero-order chi connectivity index (χ0) is 60.5. The Morgan fingerprint density at radius 2 is 0.735 bits per heavy atom. The molecule has 9 heteroatoms. The SMILES string of the molecule is CC/C=C\C/C=C\C/C=C\C/C=C\C/C=C\CCCCCCCCCCCCCCCC(=O)NC(COP(=O)(O)OCC[N+](C)(C)C)C(O)/C=C/CC/C=C/CCCCCCCCCCCCCCCCCCCCCCCCCCCC. The van der Waals surface area contributed by atoms with E-state index >= 15 is 0 Å². The molecule has 1 amide bonds. The number of carbonyl (C=O) groups excluding carboxylic acids is 1. The number of allylic oxidation sites excluding steroid dienone is 13. The number of phosphoric acid groups is 1. The summed E-state index contributed by atoms with van der Waals surface area (Å²) in [5.74, 6) is -0.187. The number of amides is 1. The summed E-state index contributed by atoms with van der Waals surface area (Å²) in [6.45, 7) is 4.72. The van der Waals surface area contributed by atoms with Crippen LogP contribution in [0.5, 0.6) is 0 Å². The van der Waals surface area contributed by atoms with Crippen molar-refractivity contribution in [1.29, 1.82) is 0 Å². The molecule has 0 bridgehead atoms. The molecule has 0 aliphatic heterocycles. The summed E-state index contributed by atoms with van der Waals surface area (Å²) in [6, 6.07) is -0.871. The third-order valence-corrected chi connectivity index (χ3v) is 16.8. The average molecular weight is 1180 g/mol. The fourth-order valence-electron chi connectivity index (χ4n) is 10.4. The molecule has 3 unspecified atom stereocenters. The first kappa shape index (κ1) is 80.7. The molecule has 3 N–H and O–H groups in total. The molecule has 0 saturated heterocycles. The van der Waals surface area contributed by atoms with E-state index in [0.29, 0.717) is 17.4 Å². The second-order valence-corrected chi connectivity index (χ2v) is 26.7. The minimum Gasteiger partial charge on any atom is -0.387 e. The summed E-state index contributed by atoms with van der Waals surface area (Å²) in [7, 11) is 1.56. The highest BCUT2D eigenvalue weighted by Crippen LogP contribution is 2.43. The van der Waals surface area contributed by atoms with Crippen LogP contribution in [0.25, 0.3) is 0 Å². The number of rotatable bonds is 65. The number of aliphatic hydroxyl groups excluding tert-OH is 1. The van der Waals surface area contributed by atoms with Gasteiger partial charge < -0.3 is 19.8 Å². The number of hydrogen-bond donors (Lipinski definition) is 3. The van der Waals surface area contributed by atoms with E-state index in [0.717, 1.165) is 70.6 Å². The van der Waals surface area contributed by atoms with Gasteiger partial charge in [-0.05, 0) is 77.0 Å². The average Bonchev–Trinajstić information content (AvgIpc) is 3.50. The number of phosphoric ester groups is 1. The third-order valence-electron chi connectivity index (χ3n) is 15.8. The van der Waals surface area contributed by atoms with Crippen molar-refractivity contribution in [1.82, 2.24) is 5.32 Å². The lowest BCUT2D eigenvalue weighted by atomic mass is 10.0. The van der Waals surface area contributed by atoms with Crippen LogP contribution in [0.4, 0.5) is 0 Å². The van der Waals surface area contributed by atoms with Crippen molar-refractivity contribution < 1.29 is 32.9 Å². The van der Waals surface area contributed by atoms with Gasteiger partial charge in [0, 0.05) is 6.42 Å². The van der Waals surface area contributed by atoms with Crippen molar-refractivity contribution >= 4 is 13.7 Å². The summed E-state index contributed by atoms with van der Waals surface area (Å²) >= 11 is 0. The van der Waals surface area contributed by atoms with Crippen LogP contribution in [0.2, 0.25) is 0 Å². The molecule has 0 aromatic rings. The van der Waals surface area contributed by atoms with Crippen LogP contribution in [0.1, 0.15) is 328 Å². The van der Waals surface area contributed by atoms with Crippen LogP contribution in [-0.2, 0) is 18.4 Å². The smallest absolute Gasteiger partial charge is 0.387 e. The van der Waals surface area contributed by atoms with Gasteiger partial charge in [0.15, 0.2) is 0 Å². The van der Waals surface area contributed by atoms with Gasteiger partial charge in [0.1, 0.15) is 13.2 Å². The van der Waals surface area contributed by atoms with Gasteiger partial charge in [-0.2, -0.15) is 0 Å².